The van der Waals surface area contributed by atoms with Gasteiger partial charge in [0.1, 0.15) is 6.04 Å². The van der Waals surface area contributed by atoms with Crippen molar-refractivity contribution in [3.63, 3.8) is 0 Å². The summed E-state index contributed by atoms with van der Waals surface area (Å²) in [7, 11) is 0. The van der Waals surface area contributed by atoms with Crippen molar-refractivity contribution in [2.75, 3.05) is 11.1 Å². The van der Waals surface area contributed by atoms with Crippen molar-refractivity contribution in [1.29, 1.82) is 0 Å². The second kappa shape index (κ2) is 11.8. The van der Waals surface area contributed by atoms with Crippen LogP contribution in [-0.4, -0.2) is 65.0 Å². The predicted octanol–water partition coefficient (Wildman–Crippen LogP) is -1.69. The fourth-order valence-electron chi connectivity index (χ4n) is 2.75. The van der Waals surface area contributed by atoms with Gasteiger partial charge in [-0.2, -0.15) is 4.98 Å². The van der Waals surface area contributed by atoms with Crippen LogP contribution in [0.1, 0.15) is 28.9 Å². The average Bonchev–Trinajstić information content (AvgIpc) is 2.75. The van der Waals surface area contributed by atoms with Crippen molar-refractivity contribution in [3.8, 4) is 0 Å². The summed E-state index contributed by atoms with van der Waals surface area (Å²) < 4.78 is 0. The predicted molar refractivity (Wildman–Crippen MR) is 119 cm³/mol. The minimum Gasteiger partial charge on any atom is -0.481 e. The number of fused-ring (bicyclic) bond motifs is 1. The van der Waals surface area contributed by atoms with Crippen molar-refractivity contribution in [2.24, 2.45) is 0 Å². The number of carbonyl (C=O) groups is 3. The molecule has 1 aromatic carbocycles. The summed E-state index contributed by atoms with van der Waals surface area (Å²) in [6.07, 6.45) is 0.840. The number of aromatic nitrogens is 4. The van der Waals surface area contributed by atoms with Crippen LogP contribution in [0.3, 0.4) is 0 Å². The highest BCUT2D eigenvalue weighted by molar-refractivity contribution is 5.96. The second-order valence-electron chi connectivity index (χ2n) is 6.71. The minimum atomic E-state index is -1.31. The van der Waals surface area contributed by atoms with Crippen molar-refractivity contribution in [2.45, 2.75) is 25.4 Å². The first-order valence-corrected chi connectivity index (χ1v) is 9.33. The molecule has 0 saturated heterocycles. The van der Waals surface area contributed by atoms with Crippen molar-refractivity contribution in [1.82, 2.24) is 25.3 Å². The lowest BCUT2D eigenvalue weighted by Crippen LogP contribution is -2.41. The summed E-state index contributed by atoms with van der Waals surface area (Å²) in [5, 5.41) is 23.2. The molecule has 15 nitrogen and oxygen atoms in total. The van der Waals surface area contributed by atoms with Crippen molar-refractivity contribution < 1.29 is 35.5 Å². The molecule has 3 rings (SSSR count). The lowest BCUT2D eigenvalue weighted by Gasteiger charge is -2.14. The van der Waals surface area contributed by atoms with Gasteiger partial charge in [0.05, 0.1) is 18.4 Å². The van der Waals surface area contributed by atoms with Crippen LogP contribution in [0.25, 0.3) is 11.2 Å². The Hall–Kier alpha value is -4.63. The quantitative estimate of drug-likeness (QED) is 0.202. The number of carbonyl (C=O) groups excluding carboxylic acids is 1. The molecule has 0 radical (unpaired) electrons. The SMILES string of the molecule is Nc1nc2ncc(CNc3ccc(C(=O)NC(CCC(=O)O)C(=O)O)cc3)nc2c(=O)[nH]1.O.O. The highest BCUT2D eigenvalue weighted by Crippen LogP contribution is 2.12. The van der Waals surface area contributed by atoms with Crippen LogP contribution in [-0.2, 0) is 16.1 Å². The lowest BCUT2D eigenvalue weighted by atomic mass is 10.1. The Morgan fingerprint density at radius 3 is 2.38 bits per heavy atom. The number of amides is 1. The molecule has 0 aliphatic heterocycles. The van der Waals surface area contributed by atoms with Gasteiger partial charge in [0.15, 0.2) is 11.2 Å². The fraction of sp³-hybridized carbons (Fsp3) is 0.211. The van der Waals surface area contributed by atoms with Crippen LogP contribution < -0.4 is 21.9 Å². The molecule has 1 atom stereocenters. The van der Waals surface area contributed by atoms with Gasteiger partial charge in [-0.3, -0.25) is 19.4 Å². The van der Waals surface area contributed by atoms with E-state index in [2.05, 4.69) is 30.6 Å². The first kappa shape index (κ1) is 27.4. The van der Waals surface area contributed by atoms with Crippen LogP contribution in [0, 0.1) is 0 Å². The number of carboxylic acid groups (broad SMARTS) is 2. The standard InChI is InChI=1S/C19H19N7O6.2H2O/c20-19-25-15-14(17(30)26-19)23-11(8-22-15)7-21-10-3-1-9(2-4-10)16(29)24-12(18(31)32)5-6-13(27)28;;/h1-4,8,12,21H,5-7H2,(H,24,29)(H,27,28)(H,31,32)(H3,20,22,25,26,30);2*1H2. The Kier molecular flexibility index (Phi) is 9.54. The zero-order chi connectivity index (χ0) is 23.3. The Labute approximate surface area is 190 Å². The van der Waals surface area contributed by atoms with E-state index < -0.39 is 29.4 Å². The molecule has 0 saturated carbocycles. The normalized spacial score (nSPS) is 10.9. The number of H-pyrrole nitrogens is 1. The minimum absolute atomic E-state index is 0. The molecule has 0 aliphatic rings. The van der Waals surface area contributed by atoms with E-state index in [0.29, 0.717) is 11.4 Å². The Bertz CT molecular complexity index is 1230. The third kappa shape index (κ3) is 6.94. The summed E-state index contributed by atoms with van der Waals surface area (Å²) in [6, 6.07) is 4.86. The second-order valence-corrected chi connectivity index (χ2v) is 6.71. The van der Waals surface area contributed by atoms with E-state index in [1.165, 1.54) is 18.3 Å². The van der Waals surface area contributed by atoms with Gasteiger partial charge in [-0.05, 0) is 30.7 Å². The highest BCUT2D eigenvalue weighted by atomic mass is 16.4. The third-order valence-corrected chi connectivity index (χ3v) is 4.36. The van der Waals surface area contributed by atoms with Gasteiger partial charge in [-0.15, -0.1) is 0 Å². The molecule has 182 valence electrons. The maximum Gasteiger partial charge on any atom is 0.326 e. The lowest BCUT2D eigenvalue weighted by molar-refractivity contribution is -0.140. The molecule has 0 bridgehead atoms. The molecule has 11 N–H and O–H groups in total. The third-order valence-electron chi connectivity index (χ3n) is 4.36. The number of nitrogens with two attached hydrogens (primary N) is 1. The molecular weight excluding hydrogens is 454 g/mol. The number of benzene rings is 1. The summed E-state index contributed by atoms with van der Waals surface area (Å²) in [6.45, 7) is 0.231. The summed E-state index contributed by atoms with van der Waals surface area (Å²) in [5.74, 6) is -3.16. The first-order chi connectivity index (χ1) is 15.2. The van der Waals surface area contributed by atoms with Gasteiger partial charge in [-0.25, -0.2) is 14.8 Å². The highest BCUT2D eigenvalue weighted by Gasteiger charge is 2.21. The molecule has 0 fully saturated rings. The van der Waals surface area contributed by atoms with Gasteiger partial charge in [0.25, 0.3) is 11.5 Å². The number of hydrogen-bond donors (Lipinski definition) is 6. The van der Waals surface area contributed by atoms with Crippen molar-refractivity contribution in [3.05, 3.63) is 52.1 Å². The number of rotatable bonds is 9. The maximum atomic E-state index is 12.3. The zero-order valence-corrected chi connectivity index (χ0v) is 17.5. The average molecular weight is 477 g/mol. The topological polar surface area (TPSA) is 276 Å². The smallest absolute Gasteiger partial charge is 0.326 e. The van der Waals surface area contributed by atoms with Crippen LogP contribution in [0.15, 0.2) is 35.3 Å². The Balaban J connectivity index is 0.00000289. The van der Waals surface area contributed by atoms with Gasteiger partial charge in [0, 0.05) is 17.7 Å². The number of aliphatic carboxylic acids is 2. The first-order valence-electron chi connectivity index (χ1n) is 9.33. The summed E-state index contributed by atoms with van der Waals surface area (Å²) >= 11 is 0. The van der Waals surface area contributed by atoms with Crippen LogP contribution in [0.5, 0.6) is 0 Å². The molecule has 1 amide bonds. The summed E-state index contributed by atoms with van der Waals surface area (Å²) in [5.41, 5.74) is 6.47. The molecule has 34 heavy (non-hydrogen) atoms. The number of hydrogen-bond acceptors (Lipinski definition) is 9. The largest absolute Gasteiger partial charge is 0.481 e. The molecule has 0 spiro atoms. The van der Waals surface area contributed by atoms with E-state index in [0.717, 1.165) is 0 Å². The van der Waals surface area contributed by atoms with E-state index in [4.69, 9.17) is 15.9 Å². The number of anilines is 2. The summed E-state index contributed by atoms with van der Waals surface area (Å²) in [4.78, 5) is 60.6. The van der Waals surface area contributed by atoms with Crippen LogP contribution in [0.4, 0.5) is 11.6 Å². The van der Waals surface area contributed by atoms with Gasteiger partial charge < -0.3 is 37.5 Å². The van der Waals surface area contributed by atoms with Crippen LogP contribution >= 0.6 is 0 Å². The molecule has 3 aromatic rings. The molecule has 2 heterocycles. The van der Waals surface area contributed by atoms with Crippen molar-refractivity contribution >= 4 is 40.6 Å². The number of nitrogens with one attached hydrogen (secondary N) is 3. The molecule has 0 aliphatic carbocycles. The monoisotopic (exact) mass is 477 g/mol. The van der Waals surface area contributed by atoms with Gasteiger partial charge in [-0.1, -0.05) is 0 Å². The van der Waals surface area contributed by atoms with Gasteiger partial charge in [0.2, 0.25) is 5.95 Å². The molecule has 1 unspecified atom stereocenters. The van der Waals surface area contributed by atoms with E-state index in [9.17, 15) is 19.2 Å². The van der Waals surface area contributed by atoms with E-state index in [1.54, 1.807) is 12.1 Å². The fourth-order valence-corrected chi connectivity index (χ4v) is 2.75. The zero-order valence-electron chi connectivity index (χ0n) is 17.5. The van der Waals surface area contributed by atoms with E-state index in [-0.39, 0.29) is 53.0 Å². The molecule has 2 aromatic heterocycles. The molecule has 15 heteroatoms. The van der Waals surface area contributed by atoms with Gasteiger partial charge >= 0.3 is 11.9 Å². The van der Waals surface area contributed by atoms with Crippen LogP contribution in [0.2, 0.25) is 0 Å². The Morgan fingerprint density at radius 2 is 1.76 bits per heavy atom. The number of nitrogens with zero attached hydrogens (tertiary/aromatic N) is 3. The molecular formula is C19H23N7O8. The van der Waals surface area contributed by atoms with E-state index >= 15 is 0 Å². The maximum absolute atomic E-state index is 12.3. The number of nitrogen functional groups attached to an aromatic ring is 1. The number of aromatic amines is 1. The Morgan fingerprint density at radius 1 is 1.09 bits per heavy atom. The number of carboxylic acids is 2. The van der Waals surface area contributed by atoms with E-state index in [1.807, 2.05) is 0 Å².